The van der Waals surface area contributed by atoms with Crippen molar-refractivity contribution in [3.8, 4) is 11.1 Å². The average Bonchev–Trinajstić information content (AvgIpc) is 3.27. The van der Waals surface area contributed by atoms with Crippen molar-refractivity contribution < 1.29 is 29.0 Å². The SMILES string of the molecule is CN1CCCC(CN(C(=O)OCC2c3ccccc3-c3ccccc32)C2(C(=O)O)CCN(C(=O)OC(C)(C)C)CC2)C1. The fraction of sp³-hybridized carbons (Fsp3) is 0.545. The number of hydrogen-bond acceptors (Lipinski definition) is 6. The summed E-state index contributed by atoms with van der Waals surface area (Å²) >= 11 is 0. The molecule has 1 atom stereocenters. The lowest BCUT2D eigenvalue weighted by atomic mass is 9.84. The molecule has 1 aliphatic carbocycles. The van der Waals surface area contributed by atoms with E-state index in [1.165, 1.54) is 9.80 Å². The second kappa shape index (κ2) is 12.0. The van der Waals surface area contributed by atoms with Crippen molar-refractivity contribution in [2.45, 2.75) is 63.5 Å². The predicted molar refractivity (Wildman–Crippen MR) is 159 cm³/mol. The van der Waals surface area contributed by atoms with E-state index < -0.39 is 29.3 Å². The fourth-order valence-electron chi connectivity index (χ4n) is 6.76. The molecular weight excluding hydrogens is 534 g/mol. The van der Waals surface area contributed by atoms with E-state index in [-0.39, 0.29) is 44.4 Å². The quantitative estimate of drug-likeness (QED) is 0.489. The van der Waals surface area contributed by atoms with Gasteiger partial charge in [0.15, 0.2) is 0 Å². The van der Waals surface area contributed by atoms with Crippen molar-refractivity contribution in [1.29, 1.82) is 0 Å². The Hall–Kier alpha value is -3.59. The maximum atomic E-state index is 14.0. The summed E-state index contributed by atoms with van der Waals surface area (Å²) in [5.74, 6) is -1.06. The number of nitrogens with zero attached hydrogens (tertiary/aromatic N) is 3. The van der Waals surface area contributed by atoms with Crippen LogP contribution in [-0.2, 0) is 14.3 Å². The predicted octanol–water partition coefficient (Wildman–Crippen LogP) is 5.43. The fourth-order valence-corrected chi connectivity index (χ4v) is 6.76. The van der Waals surface area contributed by atoms with Crippen LogP contribution in [0.15, 0.2) is 48.5 Å². The van der Waals surface area contributed by atoms with Gasteiger partial charge < -0.3 is 24.4 Å². The zero-order chi connectivity index (χ0) is 30.1. The van der Waals surface area contributed by atoms with Crippen LogP contribution in [0.25, 0.3) is 11.1 Å². The highest BCUT2D eigenvalue weighted by Crippen LogP contribution is 2.44. The lowest BCUT2D eigenvalue weighted by Crippen LogP contribution is -2.64. The third-order valence-electron chi connectivity index (χ3n) is 8.88. The number of carbonyl (C=O) groups excluding carboxylic acids is 2. The Labute approximate surface area is 248 Å². The highest BCUT2D eigenvalue weighted by atomic mass is 16.6. The minimum atomic E-state index is -1.48. The van der Waals surface area contributed by atoms with Crippen LogP contribution in [0.4, 0.5) is 9.59 Å². The molecule has 2 fully saturated rings. The molecule has 2 saturated heterocycles. The van der Waals surface area contributed by atoms with Crippen LogP contribution in [0, 0.1) is 5.92 Å². The number of aliphatic carboxylic acids is 1. The Kier molecular flexibility index (Phi) is 8.51. The van der Waals surface area contributed by atoms with Gasteiger partial charge in [-0.15, -0.1) is 0 Å². The van der Waals surface area contributed by atoms with E-state index in [1.807, 2.05) is 24.3 Å². The number of carboxylic acids is 1. The molecule has 0 aromatic heterocycles. The zero-order valence-electron chi connectivity index (χ0n) is 25.2. The third kappa shape index (κ3) is 6.11. The molecule has 0 saturated carbocycles. The number of carbonyl (C=O) groups is 3. The second-order valence-electron chi connectivity index (χ2n) is 13.0. The molecule has 226 valence electrons. The molecule has 3 aliphatic rings. The molecule has 2 amide bonds. The van der Waals surface area contributed by atoms with Crippen molar-refractivity contribution in [3.63, 3.8) is 0 Å². The lowest BCUT2D eigenvalue weighted by molar-refractivity contribution is -0.154. The summed E-state index contributed by atoms with van der Waals surface area (Å²) in [6, 6.07) is 16.3. The van der Waals surface area contributed by atoms with Gasteiger partial charge in [-0.25, -0.2) is 14.4 Å². The number of fused-ring (bicyclic) bond motifs is 3. The summed E-state index contributed by atoms with van der Waals surface area (Å²) in [6.07, 6.45) is 1.04. The van der Waals surface area contributed by atoms with Crippen LogP contribution >= 0.6 is 0 Å². The van der Waals surface area contributed by atoms with E-state index in [1.54, 1.807) is 20.8 Å². The van der Waals surface area contributed by atoms with Crippen molar-refractivity contribution in [3.05, 3.63) is 59.7 Å². The Morgan fingerprint density at radius 1 is 0.976 bits per heavy atom. The molecule has 9 nitrogen and oxygen atoms in total. The molecule has 2 heterocycles. The maximum absolute atomic E-state index is 14.0. The van der Waals surface area contributed by atoms with E-state index in [0.29, 0.717) is 6.54 Å². The molecular formula is C33H43N3O6. The van der Waals surface area contributed by atoms with E-state index in [9.17, 15) is 19.5 Å². The molecule has 0 spiro atoms. The van der Waals surface area contributed by atoms with Gasteiger partial charge in [0, 0.05) is 32.1 Å². The summed E-state index contributed by atoms with van der Waals surface area (Å²) < 4.78 is 11.6. The number of ether oxygens (including phenoxy) is 2. The first-order chi connectivity index (χ1) is 20.0. The number of amides is 2. The van der Waals surface area contributed by atoms with Crippen LogP contribution in [-0.4, -0.2) is 95.5 Å². The van der Waals surface area contributed by atoms with Gasteiger partial charge in [0.2, 0.25) is 0 Å². The van der Waals surface area contributed by atoms with Crippen LogP contribution in [0.2, 0.25) is 0 Å². The molecule has 2 aliphatic heterocycles. The Morgan fingerprint density at radius 3 is 2.12 bits per heavy atom. The molecule has 2 aromatic carbocycles. The number of carboxylic acid groups (broad SMARTS) is 1. The number of likely N-dealkylation sites (tertiary alicyclic amines) is 2. The first-order valence-corrected chi connectivity index (χ1v) is 15.0. The number of piperidine rings is 2. The molecule has 1 unspecified atom stereocenters. The van der Waals surface area contributed by atoms with Gasteiger partial charge >= 0.3 is 18.2 Å². The van der Waals surface area contributed by atoms with E-state index in [0.717, 1.165) is 48.2 Å². The van der Waals surface area contributed by atoms with E-state index >= 15 is 0 Å². The van der Waals surface area contributed by atoms with Gasteiger partial charge in [0.05, 0.1) is 0 Å². The molecule has 0 radical (unpaired) electrons. The average molecular weight is 578 g/mol. The minimum absolute atomic E-state index is 0.105. The van der Waals surface area contributed by atoms with Gasteiger partial charge in [-0.05, 0) is 88.2 Å². The monoisotopic (exact) mass is 577 g/mol. The minimum Gasteiger partial charge on any atom is -0.479 e. The molecule has 42 heavy (non-hydrogen) atoms. The van der Waals surface area contributed by atoms with E-state index in [2.05, 4.69) is 36.2 Å². The van der Waals surface area contributed by atoms with Crippen molar-refractivity contribution >= 4 is 18.2 Å². The van der Waals surface area contributed by atoms with Gasteiger partial charge in [-0.2, -0.15) is 0 Å². The summed E-state index contributed by atoms with van der Waals surface area (Å²) in [7, 11) is 2.05. The second-order valence-corrected chi connectivity index (χ2v) is 13.0. The molecule has 1 N–H and O–H groups in total. The van der Waals surface area contributed by atoms with Crippen molar-refractivity contribution in [2.24, 2.45) is 5.92 Å². The van der Waals surface area contributed by atoms with Gasteiger partial charge in [0.25, 0.3) is 0 Å². The van der Waals surface area contributed by atoms with Crippen LogP contribution in [0.1, 0.15) is 63.5 Å². The Balaban J connectivity index is 1.38. The topological polar surface area (TPSA) is 99.6 Å². The van der Waals surface area contributed by atoms with Crippen LogP contribution in [0.3, 0.4) is 0 Å². The maximum Gasteiger partial charge on any atom is 0.410 e. The number of rotatable bonds is 6. The largest absolute Gasteiger partial charge is 0.479 e. The molecule has 0 bridgehead atoms. The smallest absolute Gasteiger partial charge is 0.410 e. The highest BCUT2D eigenvalue weighted by Gasteiger charge is 2.51. The standard InChI is InChI=1S/C33H43N3O6/c1-32(2,3)42-30(39)35-18-15-33(16-19-35,29(37)38)36(21-23-10-9-17-34(4)20-23)31(40)41-22-28-26-13-7-5-11-24(26)25-12-6-8-14-27(25)28/h5-8,11-14,23,28H,9-10,15-22H2,1-4H3,(H,37,38). The van der Waals surface area contributed by atoms with Crippen molar-refractivity contribution in [2.75, 3.05) is 46.4 Å². The number of hydrogen-bond donors (Lipinski definition) is 1. The summed E-state index contributed by atoms with van der Waals surface area (Å²) in [5, 5.41) is 10.6. The normalized spacial score (nSPS) is 20.4. The van der Waals surface area contributed by atoms with Gasteiger partial charge in [-0.3, -0.25) is 4.90 Å². The van der Waals surface area contributed by atoms with Crippen molar-refractivity contribution in [1.82, 2.24) is 14.7 Å². The lowest BCUT2D eigenvalue weighted by Gasteiger charge is -2.46. The Bertz CT molecular complexity index is 1270. The first kappa shape index (κ1) is 29.9. The Morgan fingerprint density at radius 2 is 1.57 bits per heavy atom. The third-order valence-corrected chi connectivity index (χ3v) is 8.88. The highest BCUT2D eigenvalue weighted by molar-refractivity contribution is 5.85. The molecule has 5 rings (SSSR count). The summed E-state index contributed by atoms with van der Waals surface area (Å²) in [5.41, 5.74) is 2.34. The zero-order valence-corrected chi connectivity index (χ0v) is 25.2. The molecule has 9 heteroatoms. The molecule has 2 aromatic rings. The number of benzene rings is 2. The van der Waals surface area contributed by atoms with Gasteiger partial charge in [0.1, 0.15) is 17.7 Å². The summed E-state index contributed by atoms with van der Waals surface area (Å²) in [6.45, 7) is 7.94. The first-order valence-electron chi connectivity index (χ1n) is 15.0. The van der Waals surface area contributed by atoms with Gasteiger partial charge in [-0.1, -0.05) is 48.5 Å². The van der Waals surface area contributed by atoms with Crippen LogP contribution in [0.5, 0.6) is 0 Å². The van der Waals surface area contributed by atoms with E-state index in [4.69, 9.17) is 9.47 Å². The summed E-state index contributed by atoms with van der Waals surface area (Å²) in [4.78, 5) is 45.0. The van der Waals surface area contributed by atoms with Crippen LogP contribution < -0.4 is 0 Å².